The number of aromatic nitrogens is 2. The number of hydrogen-bond acceptors (Lipinski definition) is 5. The zero-order valence-corrected chi connectivity index (χ0v) is 22.4. The molecule has 7 aromatic rings. The van der Waals surface area contributed by atoms with E-state index in [-0.39, 0.29) is 0 Å². The number of halogens is 3. The van der Waals surface area contributed by atoms with E-state index in [2.05, 4.69) is 15.0 Å². The molecule has 0 aliphatic rings. The van der Waals surface area contributed by atoms with E-state index in [9.17, 15) is 18.4 Å². The topological polar surface area (TPSA) is 78.6 Å². The fraction of sp³-hybridized carbons (Fsp3) is 0.0588. The first-order chi connectivity index (χ1) is 20.8. The number of benzene rings is 4. The quantitative estimate of drug-likeness (QED) is 0.122. The fourth-order valence-corrected chi connectivity index (χ4v) is 5.56. The molecule has 6 aromatic carbocycles. The molecule has 0 saturated heterocycles. The predicted octanol–water partition coefficient (Wildman–Crippen LogP) is 7.74. The molecule has 0 bridgehead atoms. The van der Waals surface area contributed by atoms with Crippen LogP contribution in [0.3, 0.4) is 0 Å². The van der Waals surface area contributed by atoms with E-state index in [1.807, 2.05) is 55.6 Å². The summed E-state index contributed by atoms with van der Waals surface area (Å²) in [6.45, 7) is 9.45. The van der Waals surface area contributed by atoms with Crippen LogP contribution in [-0.2, 0) is 6.18 Å². The van der Waals surface area contributed by atoms with Gasteiger partial charge in [0.2, 0.25) is 6.19 Å². The summed E-state index contributed by atoms with van der Waals surface area (Å²) in [4.78, 5) is 17.3. The van der Waals surface area contributed by atoms with Crippen LogP contribution >= 0.6 is 0 Å². The molecular weight excluding hydrogens is 549 g/mol. The molecule has 0 atom stereocenters. The summed E-state index contributed by atoms with van der Waals surface area (Å²) in [5.41, 5.74) is 5.53. The van der Waals surface area contributed by atoms with Gasteiger partial charge in [-0.2, -0.15) is 30.0 Å². The second-order valence-corrected chi connectivity index (χ2v) is 10.2. The third-order valence-electron chi connectivity index (χ3n) is 7.65. The van der Waals surface area contributed by atoms with E-state index in [1.165, 1.54) is 12.1 Å². The van der Waals surface area contributed by atoms with Crippen molar-refractivity contribution < 1.29 is 13.2 Å². The summed E-state index contributed by atoms with van der Waals surface area (Å²) >= 11 is 0. The van der Waals surface area contributed by atoms with Gasteiger partial charge in [-0.15, -0.1) is 4.95 Å². The van der Waals surface area contributed by atoms with Gasteiger partial charge in [-0.1, -0.05) is 66.2 Å². The van der Waals surface area contributed by atoms with Gasteiger partial charge in [0.25, 0.3) is 0 Å². The Balaban J connectivity index is 1.50. The molecule has 1 heterocycles. The van der Waals surface area contributed by atoms with Crippen molar-refractivity contribution in [2.45, 2.75) is 13.1 Å². The highest BCUT2D eigenvalue weighted by Gasteiger charge is 2.30. The van der Waals surface area contributed by atoms with Gasteiger partial charge in [-0.05, 0) is 53.4 Å². The van der Waals surface area contributed by atoms with Crippen molar-refractivity contribution in [2.24, 2.45) is 10.1 Å². The molecule has 0 amide bonds. The number of nitrogens with zero attached hydrogens (tertiary/aromatic N) is 6. The van der Waals surface area contributed by atoms with Crippen molar-refractivity contribution in [2.75, 3.05) is 0 Å². The van der Waals surface area contributed by atoms with Crippen LogP contribution in [0.4, 0.5) is 13.2 Å². The number of rotatable bonds is 2. The number of alkyl halides is 3. The molecule has 0 spiro atoms. The third-order valence-corrected chi connectivity index (χ3v) is 7.65. The molecule has 7 rings (SSSR count). The van der Waals surface area contributed by atoms with Gasteiger partial charge in [0.15, 0.2) is 5.36 Å². The highest BCUT2D eigenvalue weighted by molar-refractivity contribution is 6.15. The largest absolute Gasteiger partial charge is 0.416 e. The average molecular weight is 567 g/mol. The lowest BCUT2D eigenvalue weighted by Crippen LogP contribution is -2.04. The standard InChI is InChI=1S/C34H17F3N6/c1-18-3-5-19(6-4-18)22-10-14-25-27(16-22)30-33(31(25)43-39-2)41-29-24-13-9-21(15-26(24)28(40-17-38)32(29)42-30)20-7-11-23(12-8-20)34(35,36)37/h3-16H,1H3/b40-28?,43-31+. The van der Waals surface area contributed by atoms with E-state index in [4.69, 9.17) is 16.5 Å². The first kappa shape index (κ1) is 26.0. The lowest BCUT2D eigenvalue weighted by atomic mass is 10.0. The normalized spacial score (nSPS) is 12.9. The smallest absolute Gasteiger partial charge is 0.241 e. The lowest BCUT2D eigenvalue weighted by molar-refractivity contribution is -0.137. The van der Waals surface area contributed by atoms with Crippen molar-refractivity contribution >= 4 is 43.6 Å². The Bertz CT molecular complexity index is 2450. The summed E-state index contributed by atoms with van der Waals surface area (Å²) < 4.78 is 39.3. The zero-order chi connectivity index (χ0) is 29.9. The summed E-state index contributed by atoms with van der Waals surface area (Å²) in [5, 5.41) is 17.2. The Morgan fingerprint density at radius 2 is 1.21 bits per heavy atom. The maximum atomic E-state index is 13.1. The summed E-state index contributed by atoms with van der Waals surface area (Å²) in [6.07, 6.45) is -2.58. The first-order valence-electron chi connectivity index (χ1n) is 13.1. The molecule has 0 aliphatic carbocycles. The molecule has 6 nitrogen and oxygen atoms in total. The summed E-state index contributed by atoms with van der Waals surface area (Å²) in [7, 11) is 0. The van der Waals surface area contributed by atoms with Crippen LogP contribution in [0, 0.1) is 25.0 Å². The first-order valence-corrected chi connectivity index (χ1v) is 13.1. The molecule has 0 radical (unpaired) electrons. The van der Waals surface area contributed by atoms with Crippen LogP contribution in [0.5, 0.6) is 0 Å². The van der Waals surface area contributed by atoms with E-state index in [1.54, 1.807) is 18.2 Å². The van der Waals surface area contributed by atoms with E-state index in [0.717, 1.165) is 39.6 Å². The number of fused-ring (bicyclic) bond motifs is 6. The van der Waals surface area contributed by atoms with Crippen molar-refractivity contribution in [1.29, 1.82) is 5.26 Å². The Morgan fingerprint density at radius 3 is 1.81 bits per heavy atom. The predicted molar refractivity (Wildman–Crippen MR) is 158 cm³/mol. The van der Waals surface area contributed by atoms with E-state index < -0.39 is 11.7 Å². The minimum atomic E-state index is -4.43. The summed E-state index contributed by atoms with van der Waals surface area (Å²) in [6, 6.07) is 24.3. The maximum absolute atomic E-state index is 13.1. The highest BCUT2D eigenvalue weighted by atomic mass is 19.4. The second kappa shape index (κ2) is 9.57. The van der Waals surface area contributed by atoms with Gasteiger partial charge in [-0.25, -0.2) is 9.97 Å². The van der Waals surface area contributed by atoms with Crippen molar-refractivity contribution in [3.8, 4) is 28.4 Å². The Hall–Kier alpha value is -5.93. The van der Waals surface area contributed by atoms with Gasteiger partial charge in [0.1, 0.15) is 16.4 Å². The van der Waals surface area contributed by atoms with Crippen LogP contribution in [0.25, 0.3) is 70.8 Å². The Morgan fingerprint density at radius 1 is 0.674 bits per heavy atom. The van der Waals surface area contributed by atoms with Gasteiger partial charge in [0, 0.05) is 21.5 Å². The van der Waals surface area contributed by atoms with E-state index in [0.29, 0.717) is 54.7 Å². The highest BCUT2D eigenvalue weighted by Crippen LogP contribution is 2.34. The van der Waals surface area contributed by atoms with Crippen LogP contribution in [0.1, 0.15) is 11.1 Å². The fourth-order valence-electron chi connectivity index (χ4n) is 5.56. The monoisotopic (exact) mass is 566 g/mol. The molecule has 43 heavy (non-hydrogen) atoms. The van der Waals surface area contributed by atoms with Crippen LogP contribution in [-0.4, -0.2) is 9.97 Å². The molecule has 1 aromatic heterocycles. The van der Waals surface area contributed by atoms with Gasteiger partial charge in [0.05, 0.1) is 21.7 Å². The Kier molecular flexibility index (Phi) is 5.79. The molecule has 0 unspecified atom stereocenters. The van der Waals surface area contributed by atoms with Crippen molar-refractivity contribution in [3.63, 3.8) is 0 Å². The molecule has 204 valence electrons. The molecular formula is C34H17F3N6. The van der Waals surface area contributed by atoms with Crippen LogP contribution in [0.15, 0.2) is 95.0 Å². The van der Waals surface area contributed by atoms with Gasteiger partial charge >= 0.3 is 6.18 Å². The third kappa shape index (κ3) is 4.18. The minimum absolute atomic E-state index is 0.323. The number of nitriles is 1. The van der Waals surface area contributed by atoms with Gasteiger partial charge in [-0.3, -0.25) is 0 Å². The molecule has 0 aliphatic heterocycles. The maximum Gasteiger partial charge on any atom is 0.416 e. The van der Waals surface area contributed by atoms with Crippen molar-refractivity contribution in [1.82, 2.24) is 9.97 Å². The Labute approximate surface area is 241 Å². The molecule has 0 N–H and O–H groups in total. The number of aryl methyl sites for hydroxylation is 1. The summed E-state index contributed by atoms with van der Waals surface area (Å²) in [5.74, 6) is 0. The molecule has 9 heteroatoms. The van der Waals surface area contributed by atoms with E-state index >= 15 is 0 Å². The average Bonchev–Trinajstić information content (AvgIpc) is 3.47. The molecule has 0 fully saturated rings. The second-order valence-electron chi connectivity index (χ2n) is 10.2. The van der Waals surface area contributed by atoms with Gasteiger partial charge < -0.3 is 0 Å². The zero-order valence-electron chi connectivity index (χ0n) is 22.4. The minimum Gasteiger partial charge on any atom is -0.241 e. The van der Waals surface area contributed by atoms with Crippen molar-refractivity contribution in [3.05, 3.63) is 118 Å². The molecule has 0 saturated carbocycles. The number of hydrogen-bond donors (Lipinski definition) is 0. The SMILES string of the molecule is [C-]#[N+]/N=c1\c2ccc(-c3ccc(C)cc3)cc2c2nc3c(=NC#N)c4cc(-c5ccc(C(F)(F)F)cc5)ccc4c3nc12. The van der Waals surface area contributed by atoms with Crippen LogP contribution < -0.4 is 10.7 Å². The van der Waals surface area contributed by atoms with Crippen LogP contribution in [0.2, 0.25) is 0 Å². The lowest BCUT2D eigenvalue weighted by Gasteiger charge is -2.08.